The normalized spacial score (nSPS) is 20.3. The molecule has 0 fully saturated rings. The van der Waals surface area contributed by atoms with Gasteiger partial charge in [-0.05, 0) is 18.1 Å². The van der Waals surface area contributed by atoms with Gasteiger partial charge in [0.15, 0.2) is 17.3 Å². The second-order valence-corrected chi connectivity index (χ2v) is 6.20. The van der Waals surface area contributed by atoms with Crippen molar-refractivity contribution in [3.8, 4) is 34.5 Å². The number of phenols is 3. The third-order valence-corrected chi connectivity index (χ3v) is 4.96. The largest absolute Gasteiger partial charge is 0.507 e. The maximum atomic E-state index is 13.1. The summed E-state index contributed by atoms with van der Waals surface area (Å²) in [7, 11) is 2.79. The van der Waals surface area contributed by atoms with Gasteiger partial charge in [-0.1, -0.05) is 0 Å². The molecule has 3 N–H and O–H groups in total. The Morgan fingerprint density at radius 1 is 1.08 bits per heavy atom. The molecule has 1 aliphatic heterocycles. The Balaban J connectivity index is 1.84. The zero-order valence-electron chi connectivity index (χ0n) is 13.6. The Morgan fingerprint density at radius 2 is 1.84 bits per heavy atom. The molecule has 0 amide bonds. The maximum Gasteiger partial charge on any atom is 0.203 e. The van der Waals surface area contributed by atoms with Crippen LogP contribution in [0.4, 0.5) is 0 Å². The fraction of sp³-hybridized carbons (Fsp3) is 0.278. The molecule has 7 nitrogen and oxygen atoms in total. The van der Waals surface area contributed by atoms with Crippen LogP contribution >= 0.6 is 0 Å². The second-order valence-electron chi connectivity index (χ2n) is 6.20. The zero-order chi connectivity index (χ0) is 17.9. The number of carbonyl (C=O) groups excluding carboxylic acids is 1. The van der Waals surface area contributed by atoms with E-state index in [1.165, 1.54) is 26.4 Å². The second kappa shape index (κ2) is 4.95. The predicted octanol–water partition coefficient (Wildman–Crippen LogP) is 1.89. The Hall–Kier alpha value is -3.09. The van der Waals surface area contributed by atoms with Gasteiger partial charge in [-0.15, -0.1) is 0 Å². The van der Waals surface area contributed by atoms with Gasteiger partial charge in [-0.3, -0.25) is 4.79 Å². The maximum absolute atomic E-state index is 13.1. The number of rotatable bonds is 2. The summed E-state index contributed by atoms with van der Waals surface area (Å²) in [4.78, 5) is 13.1. The van der Waals surface area contributed by atoms with Gasteiger partial charge >= 0.3 is 0 Å². The molecule has 130 valence electrons. The minimum absolute atomic E-state index is 0.0224. The fourth-order valence-corrected chi connectivity index (χ4v) is 3.65. The Kier molecular flexibility index (Phi) is 3.06. The molecule has 0 aromatic heterocycles. The summed E-state index contributed by atoms with van der Waals surface area (Å²) in [6.45, 7) is 0.0453. The van der Waals surface area contributed by atoms with Crippen LogP contribution in [0.15, 0.2) is 18.2 Å². The molecule has 1 unspecified atom stereocenters. The minimum Gasteiger partial charge on any atom is -0.507 e. The highest BCUT2D eigenvalue weighted by atomic mass is 16.5. The van der Waals surface area contributed by atoms with Crippen molar-refractivity contribution in [1.29, 1.82) is 0 Å². The van der Waals surface area contributed by atoms with E-state index in [0.29, 0.717) is 16.9 Å². The first-order valence-electron chi connectivity index (χ1n) is 7.64. The molecule has 4 rings (SSSR count). The third-order valence-electron chi connectivity index (χ3n) is 4.96. The molecular weight excluding hydrogens is 328 g/mol. The highest BCUT2D eigenvalue weighted by Gasteiger charge is 2.55. The zero-order valence-corrected chi connectivity index (χ0v) is 13.6. The summed E-state index contributed by atoms with van der Waals surface area (Å²) in [5.41, 5.74) is 0.0417. The number of aromatic hydroxyl groups is 3. The van der Waals surface area contributed by atoms with Gasteiger partial charge in [-0.25, -0.2) is 0 Å². The van der Waals surface area contributed by atoms with Crippen molar-refractivity contribution in [1.82, 2.24) is 0 Å². The number of phenolic OH excluding ortho intramolecular Hbond substituents is 3. The van der Waals surface area contributed by atoms with Crippen LogP contribution in [0.3, 0.4) is 0 Å². The molecule has 0 radical (unpaired) electrons. The highest BCUT2D eigenvalue weighted by Crippen LogP contribution is 2.56. The van der Waals surface area contributed by atoms with E-state index in [0.717, 1.165) is 0 Å². The first kappa shape index (κ1) is 15.4. The summed E-state index contributed by atoms with van der Waals surface area (Å²) in [5, 5.41) is 30.5. The van der Waals surface area contributed by atoms with E-state index < -0.39 is 5.41 Å². The van der Waals surface area contributed by atoms with E-state index in [2.05, 4.69) is 0 Å². The molecule has 1 aliphatic carbocycles. The Morgan fingerprint density at radius 3 is 2.52 bits per heavy atom. The number of hydrogen-bond donors (Lipinski definition) is 3. The number of Topliss-reactive ketones (excluding diaryl/α,β-unsaturated/α-hetero) is 1. The first-order valence-corrected chi connectivity index (χ1v) is 7.64. The fourth-order valence-electron chi connectivity index (χ4n) is 3.65. The number of hydrogen-bond acceptors (Lipinski definition) is 7. The van der Waals surface area contributed by atoms with Crippen molar-refractivity contribution in [2.75, 3.05) is 20.8 Å². The van der Waals surface area contributed by atoms with Gasteiger partial charge in [-0.2, -0.15) is 0 Å². The molecule has 7 heteroatoms. The van der Waals surface area contributed by atoms with Gasteiger partial charge in [0.25, 0.3) is 0 Å². The number of ether oxygens (including phenoxy) is 3. The van der Waals surface area contributed by atoms with Crippen molar-refractivity contribution >= 4 is 5.78 Å². The lowest BCUT2D eigenvalue weighted by atomic mass is 9.59. The van der Waals surface area contributed by atoms with E-state index in [1.807, 2.05) is 0 Å². The molecule has 1 atom stereocenters. The SMILES string of the molecule is COc1cc(O)c2c(c1)OCC1(Cc3c1cc(O)c(OC)c3O)C2=O. The van der Waals surface area contributed by atoms with Crippen molar-refractivity contribution in [2.24, 2.45) is 0 Å². The summed E-state index contributed by atoms with van der Waals surface area (Å²) in [5.74, 6) is -0.363. The van der Waals surface area contributed by atoms with Crippen molar-refractivity contribution in [3.05, 3.63) is 34.9 Å². The molecule has 0 saturated heterocycles. The van der Waals surface area contributed by atoms with Crippen LogP contribution in [0.2, 0.25) is 0 Å². The van der Waals surface area contributed by atoms with E-state index in [4.69, 9.17) is 14.2 Å². The molecular formula is C18H16O7. The van der Waals surface area contributed by atoms with Crippen molar-refractivity contribution < 1.29 is 34.3 Å². The minimum atomic E-state index is -1.05. The average Bonchev–Trinajstić information content (AvgIpc) is 2.57. The highest BCUT2D eigenvalue weighted by molar-refractivity contribution is 6.11. The number of ketones is 1. The van der Waals surface area contributed by atoms with E-state index in [1.54, 1.807) is 6.07 Å². The van der Waals surface area contributed by atoms with E-state index in [-0.39, 0.29) is 53.1 Å². The molecule has 0 bridgehead atoms. The molecule has 25 heavy (non-hydrogen) atoms. The van der Waals surface area contributed by atoms with Crippen LogP contribution in [-0.4, -0.2) is 41.9 Å². The molecule has 1 spiro atoms. The standard InChI is InChI=1S/C18H16O7/c1-23-8-3-11(19)14-13(4-8)25-7-18(17(14)22)6-9-10(18)5-12(20)16(24-2)15(9)21/h3-5,19-21H,6-7H2,1-2H3. The third kappa shape index (κ3) is 1.83. The lowest BCUT2D eigenvalue weighted by Gasteiger charge is -2.45. The molecule has 0 saturated carbocycles. The first-order chi connectivity index (χ1) is 11.9. The van der Waals surface area contributed by atoms with Crippen LogP contribution in [0.25, 0.3) is 0 Å². The lowest BCUT2D eigenvalue weighted by molar-refractivity contribution is 0.0720. The van der Waals surface area contributed by atoms with Crippen LogP contribution in [0, 0.1) is 0 Å². The van der Waals surface area contributed by atoms with Crippen LogP contribution in [-0.2, 0) is 11.8 Å². The number of methoxy groups -OCH3 is 2. The Labute approximate surface area is 143 Å². The number of fused-ring (bicyclic) bond motifs is 3. The van der Waals surface area contributed by atoms with Crippen LogP contribution in [0.1, 0.15) is 21.5 Å². The number of carbonyl (C=O) groups is 1. The summed E-state index contributed by atoms with van der Waals surface area (Å²) < 4.78 is 15.8. The predicted molar refractivity (Wildman–Crippen MR) is 86.2 cm³/mol. The van der Waals surface area contributed by atoms with Crippen molar-refractivity contribution in [2.45, 2.75) is 11.8 Å². The molecule has 2 aliphatic rings. The molecule has 1 heterocycles. The van der Waals surface area contributed by atoms with Gasteiger partial charge in [0.2, 0.25) is 5.75 Å². The Bertz CT molecular complexity index is 918. The van der Waals surface area contributed by atoms with Gasteiger partial charge in [0, 0.05) is 17.7 Å². The molecule has 2 aromatic rings. The van der Waals surface area contributed by atoms with E-state index in [9.17, 15) is 20.1 Å². The summed E-state index contributed by atoms with van der Waals surface area (Å²) >= 11 is 0. The van der Waals surface area contributed by atoms with Gasteiger partial charge in [0.05, 0.1) is 19.6 Å². The quantitative estimate of drug-likeness (QED) is 0.764. The number of benzene rings is 2. The van der Waals surface area contributed by atoms with Gasteiger partial charge in [0.1, 0.15) is 29.4 Å². The average molecular weight is 344 g/mol. The van der Waals surface area contributed by atoms with Crippen LogP contribution < -0.4 is 14.2 Å². The summed E-state index contributed by atoms with van der Waals surface area (Å²) in [6, 6.07) is 4.30. The molecule has 2 aromatic carbocycles. The smallest absolute Gasteiger partial charge is 0.203 e. The van der Waals surface area contributed by atoms with Crippen LogP contribution in [0.5, 0.6) is 34.5 Å². The van der Waals surface area contributed by atoms with E-state index >= 15 is 0 Å². The summed E-state index contributed by atoms with van der Waals surface area (Å²) in [6.07, 6.45) is 0.231. The lowest BCUT2D eigenvalue weighted by Crippen LogP contribution is -2.53. The van der Waals surface area contributed by atoms with Crippen molar-refractivity contribution in [3.63, 3.8) is 0 Å². The van der Waals surface area contributed by atoms with Gasteiger partial charge < -0.3 is 29.5 Å². The topological polar surface area (TPSA) is 105 Å². The monoisotopic (exact) mass is 344 g/mol.